The molecule has 0 spiro atoms. The third-order valence-electron chi connectivity index (χ3n) is 4.72. The summed E-state index contributed by atoms with van der Waals surface area (Å²) in [6.45, 7) is 0. The molecule has 3 aromatic rings. The van der Waals surface area contributed by atoms with E-state index in [1.165, 1.54) is 35.4 Å². The van der Waals surface area contributed by atoms with Crippen LogP contribution < -0.4 is 14.2 Å². The van der Waals surface area contributed by atoms with Gasteiger partial charge in [-0.1, -0.05) is 24.3 Å². The number of alkyl halides is 3. The third-order valence-corrected chi connectivity index (χ3v) is 5.80. The molecule has 4 rings (SSSR count). The first-order chi connectivity index (χ1) is 13.9. The van der Waals surface area contributed by atoms with E-state index in [0.717, 1.165) is 24.0 Å². The monoisotopic (exact) mass is 419 g/mol. The van der Waals surface area contributed by atoms with Gasteiger partial charge in [-0.3, -0.25) is 4.79 Å². The van der Waals surface area contributed by atoms with Crippen LogP contribution in [0.1, 0.15) is 33.6 Å². The summed E-state index contributed by atoms with van der Waals surface area (Å²) in [4.78, 5) is 13.8. The van der Waals surface area contributed by atoms with Crippen molar-refractivity contribution in [3.63, 3.8) is 0 Å². The Kier molecular flexibility index (Phi) is 5.27. The first kappa shape index (κ1) is 19.4. The Bertz CT molecular complexity index is 988. The fourth-order valence-electron chi connectivity index (χ4n) is 3.31. The van der Waals surface area contributed by atoms with Gasteiger partial charge in [-0.25, -0.2) is 0 Å². The molecule has 4 nitrogen and oxygen atoms in total. The van der Waals surface area contributed by atoms with Gasteiger partial charge in [0.25, 0.3) is 0 Å². The van der Waals surface area contributed by atoms with Crippen LogP contribution in [0.4, 0.5) is 13.2 Å². The predicted octanol–water partition coefficient (Wildman–Crippen LogP) is 4.86. The van der Waals surface area contributed by atoms with Crippen molar-refractivity contribution in [3.8, 4) is 16.9 Å². The average Bonchev–Trinajstić information content (AvgIpc) is 3.10. The average molecular weight is 419 g/mol. The van der Waals surface area contributed by atoms with Gasteiger partial charge in [-0.15, -0.1) is 18.6 Å². The molecule has 1 aliphatic rings. The molecule has 0 bridgehead atoms. The van der Waals surface area contributed by atoms with E-state index < -0.39 is 6.36 Å². The predicted molar refractivity (Wildman–Crippen MR) is 103 cm³/mol. The standard InChI is InChI=1S/C21H17F3N2O2S/c22-21(23,24)28-18-11-9-15(10-12-18)14-5-7-16(8-6-14)20(27)25-26-13-17-3-1-2-4-19(17)29-26/h5-13H,1-4H2/p+1. The molecule has 8 heteroatoms. The number of hydrogen-bond donors (Lipinski definition) is 1. The Hall–Kier alpha value is -2.87. The molecule has 0 aliphatic heterocycles. The maximum atomic E-state index is 12.5. The maximum Gasteiger partial charge on any atom is 0.573 e. The molecule has 1 aromatic heterocycles. The quantitative estimate of drug-likeness (QED) is 0.614. The molecule has 0 fully saturated rings. The van der Waals surface area contributed by atoms with Crippen LogP contribution in [0, 0.1) is 0 Å². The van der Waals surface area contributed by atoms with Gasteiger partial charge < -0.3 is 4.74 Å². The zero-order valence-electron chi connectivity index (χ0n) is 15.3. The topological polar surface area (TPSA) is 42.2 Å². The number of aryl methyl sites for hydroxylation is 2. The number of halogens is 3. The lowest BCUT2D eigenvalue weighted by Crippen LogP contribution is -2.44. The number of hydrogen-bond acceptors (Lipinski definition) is 3. The second-order valence-electron chi connectivity index (χ2n) is 6.79. The van der Waals surface area contributed by atoms with Gasteiger partial charge in [0.2, 0.25) is 6.20 Å². The lowest BCUT2D eigenvalue weighted by Gasteiger charge is -2.09. The fourth-order valence-corrected chi connectivity index (χ4v) is 4.36. The van der Waals surface area contributed by atoms with Crippen molar-refractivity contribution in [2.45, 2.75) is 32.0 Å². The van der Waals surface area contributed by atoms with Crippen molar-refractivity contribution in [1.82, 2.24) is 0 Å². The van der Waals surface area contributed by atoms with Crippen LogP contribution in [-0.4, -0.2) is 12.3 Å². The Balaban J connectivity index is 1.43. The maximum absolute atomic E-state index is 12.5. The van der Waals surface area contributed by atoms with Crippen LogP contribution in [0.25, 0.3) is 11.1 Å². The molecular formula is C21H18F3N2O2S+. The van der Waals surface area contributed by atoms with E-state index in [4.69, 9.17) is 0 Å². The summed E-state index contributed by atoms with van der Waals surface area (Å²) in [5.41, 5.74) is 6.20. The molecule has 150 valence electrons. The van der Waals surface area contributed by atoms with Crippen molar-refractivity contribution >= 4 is 17.4 Å². The van der Waals surface area contributed by atoms with Crippen molar-refractivity contribution in [1.29, 1.82) is 0 Å². The highest BCUT2D eigenvalue weighted by atomic mass is 32.1. The number of nitrogens with one attached hydrogen (secondary N) is 1. The molecule has 0 radical (unpaired) electrons. The molecule has 1 heterocycles. The Morgan fingerprint density at radius 3 is 2.21 bits per heavy atom. The highest BCUT2D eigenvalue weighted by molar-refractivity contribution is 7.02. The molecule has 2 aromatic carbocycles. The SMILES string of the molecule is O=C(N[n+]1cc2c(s1)CCCC2)c1ccc(-c2ccc(OC(F)(F)F)cc2)cc1. The first-order valence-electron chi connectivity index (χ1n) is 9.19. The van der Waals surface area contributed by atoms with Gasteiger partial charge in [-0.2, -0.15) is 0 Å². The molecule has 1 N–H and O–H groups in total. The van der Waals surface area contributed by atoms with Crippen molar-refractivity contribution in [2.24, 2.45) is 0 Å². The summed E-state index contributed by atoms with van der Waals surface area (Å²) in [6.07, 6.45) is 1.75. The number of nitrogens with zero attached hydrogens (tertiary/aromatic N) is 1. The van der Waals surface area contributed by atoms with Crippen LogP contribution in [0.3, 0.4) is 0 Å². The lowest BCUT2D eigenvalue weighted by atomic mass is 10.0. The van der Waals surface area contributed by atoms with Gasteiger partial charge in [0.1, 0.15) is 5.75 Å². The fraction of sp³-hybridized carbons (Fsp3) is 0.238. The third kappa shape index (κ3) is 4.76. The molecule has 29 heavy (non-hydrogen) atoms. The van der Waals surface area contributed by atoms with Crippen LogP contribution in [0.5, 0.6) is 5.75 Å². The van der Waals surface area contributed by atoms with Crippen LogP contribution in [0.15, 0.2) is 54.7 Å². The number of rotatable bonds is 4. The number of ether oxygens (including phenoxy) is 1. The molecular weight excluding hydrogens is 401 g/mol. The van der Waals surface area contributed by atoms with Crippen LogP contribution in [-0.2, 0) is 12.8 Å². The van der Waals surface area contributed by atoms with Crippen molar-refractivity contribution in [3.05, 3.63) is 70.7 Å². The number of carbonyl (C=O) groups is 1. The number of benzene rings is 2. The van der Waals surface area contributed by atoms with Crippen LogP contribution >= 0.6 is 11.5 Å². The van der Waals surface area contributed by atoms with Gasteiger partial charge in [0.15, 0.2) is 11.5 Å². The van der Waals surface area contributed by atoms with E-state index in [1.807, 2.05) is 6.20 Å². The number of amides is 1. The molecule has 0 saturated carbocycles. The number of fused-ring (bicyclic) bond motifs is 1. The minimum absolute atomic E-state index is 0.214. The van der Waals surface area contributed by atoms with E-state index in [1.54, 1.807) is 52.0 Å². The minimum Gasteiger partial charge on any atom is -0.406 e. The summed E-state index contributed by atoms with van der Waals surface area (Å²) in [5, 5.41) is 0. The summed E-state index contributed by atoms with van der Waals surface area (Å²) in [5.74, 6) is -0.484. The lowest BCUT2D eigenvalue weighted by molar-refractivity contribution is -0.569. The van der Waals surface area contributed by atoms with Crippen molar-refractivity contribution < 1.29 is 26.8 Å². The van der Waals surface area contributed by atoms with Gasteiger partial charge in [0.05, 0.1) is 4.88 Å². The van der Waals surface area contributed by atoms with E-state index in [0.29, 0.717) is 5.56 Å². The summed E-state index contributed by atoms with van der Waals surface area (Å²) in [6, 6.07) is 12.5. The Morgan fingerprint density at radius 2 is 1.59 bits per heavy atom. The molecule has 1 amide bonds. The number of aromatic nitrogens is 1. The molecule has 0 saturated heterocycles. The summed E-state index contributed by atoms with van der Waals surface area (Å²) in [7, 11) is 0. The zero-order chi connectivity index (χ0) is 20.4. The van der Waals surface area contributed by atoms with Crippen LogP contribution in [0.2, 0.25) is 0 Å². The highest BCUT2D eigenvalue weighted by Crippen LogP contribution is 2.27. The van der Waals surface area contributed by atoms with Gasteiger partial charge in [0, 0.05) is 11.1 Å². The largest absolute Gasteiger partial charge is 0.573 e. The van der Waals surface area contributed by atoms with Gasteiger partial charge in [-0.05, 0) is 65.1 Å². The second-order valence-corrected chi connectivity index (χ2v) is 7.86. The first-order valence-corrected chi connectivity index (χ1v) is 9.96. The number of carbonyl (C=O) groups excluding carboxylic acids is 1. The van der Waals surface area contributed by atoms with Gasteiger partial charge >= 0.3 is 12.3 Å². The summed E-state index contributed by atoms with van der Waals surface area (Å²) >= 11 is 1.56. The highest BCUT2D eigenvalue weighted by Gasteiger charge is 2.31. The molecule has 0 atom stereocenters. The smallest absolute Gasteiger partial charge is 0.406 e. The van der Waals surface area contributed by atoms with E-state index >= 15 is 0 Å². The van der Waals surface area contributed by atoms with E-state index in [-0.39, 0.29) is 11.7 Å². The van der Waals surface area contributed by atoms with E-state index in [9.17, 15) is 18.0 Å². The second kappa shape index (κ2) is 7.87. The normalized spacial score (nSPS) is 13.6. The Morgan fingerprint density at radius 1 is 0.966 bits per heavy atom. The summed E-state index contributed by atoms with van der Waals surface area (Å²) < 4.78 is 42.4. The van der Waals surface area contributed by atoms with Crippen molar-refractivity contribution in [2.75, 3.05) is 5.43 Å². The molecule has 0 unspecified atom stereocenters. The Labute approximate surface area is 169 Å². The molecule has 1 aliphatic carbocycles. The zero-order valence-corrected chi connectivity index (χ0v) is 16.1. The minimum atomic E-state index is -4.71. The van der Waals surface area contributed by atoms with E-state index in [2.05, 4.69) is 10.2 Å².